The Labute approximate surface area is 113 Å². The Morgan fingerprint density at radius 1 is 1.26 bits per heavy atom. The number of hydrogen-bond acceptors (Lipinski definition) is 4. The first-order chi connectivity index (χ1) is 9.08. The molecule has 0 saturated carbocycles. The van der Waals surface area contributed by atoms with Crippen LogP contribution in [0, 0.1) is 13.8 Å². The minimum absolute atomic E-state index is 0.715. The summed E-state index contributed by atoms with van der Waals surface area (Å²) in [5.41, 5.74) is 4.22. The van der Waals surface area contributed by atoms with Crippen molar-refractivity contribution in [3.8, 4) is 5.75 Å². The zero-order valence-electron chi connectivity index (χ0n) is 11.9. The molecule has 0 spiro atoms. The standard InChI is InChI=1S/C14H20N4O/c1-10-5-14(19-4)6-13(16-10)8-15-7-12-9-18(3)17-11(12)2/h5-6,9,15H,7-8H2,1-4H3. The van der Waals surface area contributed by atoms with Crippen molar-refractivity contribution in [1.29, 1.82) is 0 Å². The molecule has 0 fully saturated rings. The first kappa shape index (κ1) is 13.5. The van der Waals surface area contributed by atoms with E-state index < -0.39 is 0 Å². The summed E-state index contributed by atoms with van der Waals surface area (Å²) in [6, 6.07) is 3.88. The van der Waals surface area contributed by atoms with Gasteiger partial charge in [0.1, 0.15) is 5.75 Å². The Kier molecular flexibility index (Phi) is 4.16. The molecule has 0 saturated heterocycles. The van der Waals surface area contributed by atoms with Gasteiger partial charge < -0.3 is 10.1 Å². The summed E-state index contributed by atoms with van der Waals surface area (Å²) in [5, 5.41) is 7.70. The number of rotatable bonds is 5. The number of nitrogens with zero attached hydrogens (tertiary/aromatic N) is 3. The summed E-state index contributed by atoms with van der Waals surface area (Å²) in [6.07, 6.45) is 2.03. The Balaban J connectivity index is 1.95. The van der Waals surface area contributed by atoms with Crippen molar-refractivity contribution >= 4 is 0 Å². The molecule has 19 heavy (non-hydrogen) atoms. The van der Waals surface area contributed by atoms with Gasteiger partial charge in [-0.25, -0.2) is 0 Å². The highest BCUT2D eigenvalue weighted by Gasteiger charge is 2.04. The second kappa shape index (κ2) is 5.84. The number of aryl methyl sites for hydroxylation is 3. The molecule has 2 rings (SSSR count). The van der Waals surface area contributed by atoms with Crippen LogP contribution in [0.2, 0.25) is 0 Å². The lowest BCUT2D eigenvalue weighted by Crippen LogP contribution is -2.14. The molecule has 5 nitrogen and oxygen atoms in total. The monoisotopic (exact) mass is 260 g/mol. The number of methoxy groups -OCH3 is 1. The number of hydrogen-bond donors (Lipinski definition) is 1. The van der Waals surface area contributed by atoms with Gasteiger partial charge in [0.25, 0.3) is 0 Å². The first-order valence-electron chi connectivity index (χ1n) is 6.30. The SMILES string of the molecule is COc1cc(C)nc(CNCc2cn(C)nc2C)c1. The van der Waals surface area contributed by atoms with Gasteiger partial charge in [0, 0.05) is 49.7 Å². The van der Waals surface area contributed by atoms with Gasteiger partial charge in [0.15, 0.2) is 0 Å². The van der Waals surface area contributed by atoms with Crippen LogP contribution in [0.1, 0.15) is 22.6 Å². The largest absolute Gasteiger partial charge is 0.497 e. The van der Waals surface area contributed by atoms with E-state index in [9.17, 15) is 0 Å². The molecule has 1 N–H and O–H groups in total. The Morgan fingerprint density at radius 3 is 2.68 bits per heavy atom. The molecule has 102 valence electrons. The van der Waals surface area contributed by atoms with Crippen molar-refractivity contribution in [3.05, 3.63) is 41.0 Å². The highest BCUT2D eigenvalue weighted by molar-refractivity contribution is 5.26. The van der Waals surface area contributed by atoms with Crippen molar-refractivity contribution in [1.82, 2.24) is 20.1 Å². The number of nitrogens with one attached hydrogen (secondary N) is 1. The third-order valence-electron chi connectivity index (χ3n) is 2.95. The molecule has 0 aliphatic heterocycles. The van der Waals surface area contributed by atoms with Crippen molar-refractivity contribution in [2.45, 2.75) is 26.9 Å². The normalized spacial score (nSPS) is 10.7. The van der Waals surface area contributed by atoms with Gasteiger partial charge in [-0.05, 0) is 13.8 Å². The zero-order chi connectivity index (χ0) is 13.8. The minimum Gasteiger partial charge on any atom is -0.497 e. The zero-order valence-corrected chi connectivity index (χ0v) is 11.9. The molecular weight excluding hydrogens is 240 g/mol. The Morgan fingerprint density at radius 2 is 2.05 bits per heavy atom. The highest BCUT2D eigenvalue weighted by atomic mass is 16.5. The maximum absolute atomic E-state index is 5.24. The van der Waals surface area contributed by atoms with E-state index in [1.165, 1.54) is 5.56 Å². The van der Waals surface area contributed by atoms with Crippen LogP contribution in [0.15, 0.2) is 18.3 Å². The second-order valence-electron chi connectivity index (χ2n) is 4.66. The molecule has 2 heterocycles. The molecule has 0 unspecified atom stereocenters. The summed E-state index contributed by atoms with van der Waals surface area (Å²) in [6.45, 7) is 5.49. The maximum Gasteiger partial charge on any atom is 0.122 e. The molecule has 0 atom stereocenters. The van der Waals surface area contributed by atoms with Gasteiger partial charge in [-0.2, -0.15) is 5.10 Å². The van der Waals surface area contributed by atoms with Crippen LogP contribution in [0.4, 0.5) is 0 Å². The van der Waals surface area contributed by atoms with E-state index >= 15 is 0 Å². The predicted octanol–water partition coefficient (Wildman–Crippen LogP) is 1.73. The van der Waals surface area contributed by atoms with Crippen molar-refractivity contribution in [3.63, 3.8) is 0 Å². The molecule has 0 aliphatic rings. The van der Waals surface area contributed by atoms with E-state index in [2.05, 4.69) is 15.4 Å². The Bertz CT molecular complexity index is 563. The molecule has 2 aromatic rings. The number of pyridine rings is 1. The fraction of sp³-hybridized carbons (Fsp3) is 0.429. The summed E-state index contributed by atoms with van der Waals surface area (Å²) >= 11 is 0. The van der Waals surface area contributed by atoms with Gasteiger partial charge in [0.2, 0.25) is 0 Å². The molecule has 0 amide bonds. The van der Waals surface area contributed by atoms with Crippen LogP contribution in [0.5, 0.6) is 5.75 Å². The van der Waals surface area contributed by atoms with Gasteiger partial charge in [0.05, 0.1) is 18.5 Å². The van der Waals surface area contributed by atoms with Crippen molar-refractivity contribution in [2.75, 3.05) is 7.11 Å². The van der Waals surface area contributed by atoms with Crippen molar-refractivity contribution in [2.24, 2.45) is 7.05 Å². The van der Waals surface area contributed by atoms with Crippen molar-refractivity contribution < 1.29 is 4.74 Å². The lowest BCUT2D eigenvalue weighted by molar-refractivity contribution is 0.412. The summed E-state index contributed by atoms with van der Waals surface area (Å²) in [7, 11) is 3.61. The van der Waals surface area contributed by atoms with Crippen LogP contribution in [0.25, 0.3) is 0 Å². The Hall–Kier alpha value is -1.88. The fourth-order valence-corrected chi connectivity index (χ4v) is 2.06. The predicted molar refractivity (Wildman–Crippen MR) is 74.0 cm³/mol. The van der Waals surface area contributed by atoms with Gasteiger partial charge in [-0.15, -0.1) is 0 Å². The van der Waals surface area contributed by atoms with Gasteiger partial charge >= 0.3 is 0 Å². The van der Waals surface area contributed by atoms with Crippen LogP contribution < -0.4 is 10.1 Å². The fourth-order valence-electron chi connectivity index (χ4n) is 2.06. The smallest absolute Gasteiger partial charge is 0.122 e. The third-order valence-corrected chi connectivity index (χ3v) is 2.95. The average Bonchev–Trinajstić information content (AvgIpc) is 2.67. The third kappa shape index (κ3) is 3.54. The molecule has 0 aliphatic carbocycles. The molecule has 2 aromatic heterocycles. The van der Waals surface area contributed by atoms with Crippen LogP contribution in [-0.4, -0.2) is 21.9 Å². The van der Waals surface area contributed by atoms with E-state index in [1.807, 2.05) is 43.9 Å². The summed E-state index contributed by atoms with van der Waals surface area (Å²) in [4.78, 5) is 4.48. The number of aromatic nitrogens is 3. The minimum atomic E-state index is 0.715. The van der Waals surface area contributed by atoms with Crippen LogP contribution in [0.3, 0.4) is 0 Å². The summed E-state index contributed by atoms with van der Waals surface area (Å²) < 4.78 is 7.08. The quantitative estimate of drug-likeness (QED) is 0.889. The van der Waals surface area contributed by atoms with Gasteiger partial charge in [-0.1, -0.05) is 0 Å². The summed E-state index contributed by atoms with van der Waals surface area (Å²) in [5.74, 6) is 0.849. The molecule has 5 heteroatoms. The van der Waals surface area contributed by atoms with E-state index in [1.54, 1.807) is 7.11 Å². The van der Waals surface area contributed by atoms with Gasteiger partial charge in [-0.3, -0.25) is 9.67 Å². The van der Waals surface area contributed by atoms with Crippen LogP contribution in [-0.2, 0) is 20.1 Å². The second-order valence-corrected chi connectivity index (χ2v) is 4.66. The van der Waals surface area contributed by atoms with E-state index in [-0.39, 0.29) is 0 Å². The molecular formula is C14H20N4O. The van der Waals surface area contributed by atoms with E-state index in [0.717, 1.165) is 29.4 Å². The average molecular weight is 260 g/mol. The lowest BCUT2D eigenvalue weighted by atomic mass is 10.2. The number of ether oxygens (including phenoxy) is 1. The lowest BCUT2D eigenvalue weighted by Gasteiger charge is -2.07. The van der Waals surface area contributed by atoms with E-state index in [0.29, 0.717) is 6.54 Å². The maximum atomic E-state index is 5.24. The molecule has 0 aromatic carbocycles. The van der Waals surface area contributed by atoms with Crippen LogP contribution >= 0.6 is 0 Å². The topological polar surface area (TPSA) is 52.0 Å². The highest BCUT2D eigenvalue weighted by Crippen LogP contribution is 2.13. The molecule has 0 radical (unpaired) electrons. The molecule has 0 bridgehead atoms. The van der Waals surface area contributed by atoms with E-state index in [4.69, 9.17) is 4.74 Å². The first-order valence-corrected chi connectivity index (χ1v) is 6.30.